The van der Waals surface area contributed by atoms with Gasteiger partial charge in [0, 0.05) is 13.0 Å². The lowest BCUT2D eigenvalue weighted by Crippen LogP contribution is -2.53. The topological polar surface area (TPSA) is 104 Å². The van der Waals surface area contributed by atoms with E-state index in [1.807, 2.05) is 20.8 Å². The van der Waals surface area contributed by atoms with E-state index in [0.29, 0.717) is 0 Å². The van der Waals surface area contributed by atoms with Crippen LogP contribution in [0, 0.1) is 5.41 Å². The lowest BCUT2D eigenvalue weighted by Gasteiger charge is -2.31. The van der Waals surface area contributed by atoms with Crippen LogP contribution in [0.2, 0.25) is 0 Å². The molecular formula is C11H21ClN2O4. The molecule has 1 saturated heterocycles. The second-order valence-corrected chi connectivity index (χ2v) is 5.58. The minimum absolute atomic E-state index is 0. The molecule has 1 amide bonds. The van der Waals surface area contributed by atoms with Crippen molar-refractivity contribution in [2.45, 2.75) is 45.4 Å². The number of hydrogen-bond acceptors (Lipinski definition) is 4. The van der Waals surface area contributed by atoms with Crippen LogP contribution < -0.4 is 5.73 Å². The molecule has 0 bridgehead atoms. The number of carbonyl (C=O) groups excluding carboxylic acids is 1. The van der Waals surface area contributed by atoms with Crippen LogP contribution in [-0.4, -0.2) is 51.7 Å². The molecule has 3 atom stereocenters. The van der Waals surface area contributed by atoms with Gasteiger partial charge < -0.3 is 20.8 Å². The zero-order chi connectivity index (χ0) is 13.4. The molecule has 4 N–H and O–H groups in total. The number of halogens is 1. The summed E-state index contributed by atoms with van der Waals surface area (Å²) >= 11 is 0. The monoisotopic (exact) mass is 280 g/mol. The Balaban J connectivity index is 0.00000289. The number of rotatable bonds is 2. The maximum Gasteiger partial charge on any atom is 0.326 e. The number of amides is 1. The van der Waals surface area contributed by atoms with Crippen LogP contribution in [0.4, 0.5) is 0 Å². The van der Waals surface area contributed by atoms with Gasteiger partial charge in [0.05, 0.1) is 12.1 Å². The van der Waals surface area contributed by atoms with Gasteiger partial charge in [-0.2, -0.15) is 0 Å². The van der Waals surface area contributed by atoms with Crippen LogP contribution in [0.15, 0.2) is 0 Å². The Bertz CT molecular complexity index is 329. The van der Waals surface area contributed by atoms with Gasteiger partial charge in [-0.1, -0.05) is 20.8 Å². The largest absolute Gasteiger partial charge is 0.480 e. The molecule has 0 unspecified atom stereocenters. The standard InChI is InChI=1S/C11H20N2O4.ClH/c1-11(2,3)8(12)9(15)13-5-6(14)4-7(13)10(16)17;/h6-8,14H,4-5,12H2,1-3H3,(H,16,17);1H/t6-,7-,8+;/m0./s1. The summed E-state index contributed by atoms with van der Waals surface area (Å²) in [5.74, 6) is -1.52. The van der Waals surface area contributed by atoms with Crippen LogP contribution >= 0.6 is 12.4 Å². The second-order valence-electron chi connectivity index (χ2n) is 5.58. The quantitative estimate of drug-likeness (QED) is 0.651. The van der Waals surface area contributed by atoms with Crippen LogP contribution in [0.5, 0.6) is 0 Å². The van der Waals surface area contributed by atoms with Crippen molar-refractivity contribution < 1.29 is 19.8 Å². The van der Waals surface area contributed by atoms with Gasteiger partial charge in [-0.05, 0) is 5.41 Å². The molecule has 6 nitrogen and oxygen atoms in total. The number of aliphatic hydroxyl groups is 1. The summed E-state index contributed by atoms with van der Waals surface area (Å²) in [6, 6.07) is -1.74. The minimum Gasteiger partial charge on any atom is -0.480 e. The number of nitrogens with zero attached hydrogens (tertiary/aromatic N) is 1. The number of aliphatic carboxylic acids is 1. The maximum atomic E-state index is 12.1. The minimum atomic E-state index is -1.10. The Morgan fingerprint density at radius 3 is 2.28 bits per heavy atom. The lowest BCUT2D eigenvalue weighted by molar-refractivity contribution is -0.149. The van der Waals surface area contributed by atoms with Crippen molar-refractivity contribution in [3.05, 3.63) is 0 Å². The molecule has 7 heteroatoms. The first kappa shape index (κ1) is 17.2. The van der Waals surface area contributed by atoms with E-state index in [0.717, 1.165) is 0 Å². The van der Waals surface area contributed by atoms with E-state index in [1.54, 1.807) is 0 Å². The Morgan fingerprint density at radius 2 is 1.89 bits per heavy atom. The van der Waals surface area contributed by atoms with E-state index in [2.05, 4.69) is 0 Å². The van der Waals surface area contributed by atoms with Gasteiger partial charge in [-0.15, -0.1) is 12.4 Å². The summed E-state index contributed by atoms with van der Waals surface area (Å²) in [6.07, 6.45) is -0.718. The third-order valence-corrected chi connectivity index (χ3v) is 3.05. The highest BCUT2D eigenvalue weighted by atomic mass is 35.5. The van der Waals surface area contributed by atoms with Crippen molar-refractivity contribution >= 4 is 24.3 Å². The van der Waals surface area contributed by atoms with Crippen LogP contribution in [0.1, 0.15) is 27.2 Å². The van der Waals surface area contributed by atoms with Gasteiger partial charge in [0.1, 0.15) is 6.04 Å². The molecule has 0 aromatic rings. The fourth-order valence-electron chi connectivity index (χ4n) is 1.84. The molecule has 1 heterocycles. The number of carboxylic acids is 1. The van der Waals surface area contributed by atoms with Crippen LogP contribution in [0.3, 0.4) is 0 Å². The second kappa shape index (κ2) is 5.86. The molecule has 0 aliphatic carbocycles. The molecule has 1 fully saturated rings. The smallest absolute Gasteiger partial charge is 0.326 e. The fourth-order valence-corrected chi connectivity index (χ4v) is 1.84. The predicted octanol–water partition coefficient (Wildman–Crippen LogP) is -0.172. The highest BCUT2D eigenvalue weighted by molar-refractivity contribution is 5.88. The van der Waals surface area contributed by atoms with Crippen molar-refractivity contribution in [1.29, 1.82) is 0 Å². The number of nitrogens with two attached hydrogens (primary N) is 1. The van der Waals surface area contributed by atoms with Crippen molar-refractivity contribution in [3.63, 3.8) is 0 Å². The molecule has 18 heavy (non-hydrogen) atoms. The molecule has 0 aromatic carbocycles. The van der Waals surface area contributed by atoms with Gasteiger partial charge in [0.25, 0.3) is 0 Å². The Kier molecular flexibility index (Phi) is 5.58. The summed E-state index contributed by atoms with van der Waals surface area (Å²) in [4.78, 5) is 24.2. The van der Waals surface area contributed by atoms with E-state index in [-0.39, 0.29) is 25.4 Å². The average molecular weight is 281 g/mol. The zero-order valence-electron chi connectivity index (χ0n) is 10.8. The number of carbonyl (C=O) groups is 2. The van der Waals surface area contributed by atoms with E-state index >= 15 is 0 Å². The van der Waals surface area contributed by atoms with Crippen molar-refractivity contribution in [3.8, 4) is 0 Å². The van der Waals surface area contributed by atoms with Crippen molar-refractivity contribution in [1.82, 2.24) is 4.90 Å². The summed E-state index contributed by atoms with van der Waals surface area (Å²) in [7, 11) is 0. The summed E-state index contributed by atoms with van der Waals surface area (Å²) in [6.45, 7) is 5.49. The molecule has 106 valence electrons. The van der Waals surface area contributed by atoms with E-state index in [4.69, 9.17) is 10.8 Å². The van der Waals surface area contributed by atoms with Crippen LogP contribution in [-0.2, 0) is 9.59 Å². The first-order chi connectivity index (χ1) is 7.64. The highest BCUT2D eigenvalue weighted by Crippen LogP contribution is 2.24. The van der Waals surface area contributed by atoms with Gasteiger partial charge in [-0.25, -0.2) is 4.79 Å². The average Bonchev–Trinajstić information content (AvgIpc) is 2.56. The molecule has 0 radical (unpaired) electrons. The number of likely N-dealkylation sites (tertiary alicyclic amines) is 1. The van der Waals surface area contributed by atoms with Crippen molar-refractivity contribution in [2.75, 3.05) is 6.54 Å². The Labute approximate surface area is 113 Å². The van der Waals surface area contributed by atoms with Gasteiger partial charge in [-0.3, -0.25) is 4.79 Å². The van der Waals surface area contributed by atoms with E-state index in [9.17, 15) is 14.7 Å². The van der Waals surface area contributed by atoms with E-state index < -0.39 is 35.5 Å². The fraction of sp³-hybridized carbons (Fsp3) is 0.818. The molecule has 0 saturated carbocycles. The Morgan fingerprint density at radius 1 is 1.39 bits per heavy atom. The summed E-state index contributed by atoms with van der Waals surface area (Å²) < 4.78 is 0. The molecular weight excluding hydrogens is 260 g/mol. The molecule has 0 spiro atoms. The third-order valence-electron chi connectivity index (χ3n) is 3.05. The Hall–Kier alpha value is -0.850. The number of β-amino-alcohol motifs (C(OH)–C–C–N with tert-alkyl or cyclic N) is 1. The first-order valence-corrected chi connectivity index (χ1v) is 5.61. The zero-order valence-corrected chi connectivity index (χ0v) is 11.6. The van der Waals surface area contributed by atoms with Crippen LogP contribution in [0.25, 0.3) is 0 Å². The number of hydrogen-bond donors (Lipinski definition) is 3. The SMILES string of the molecule is CC(C)(C)[C@H](N)C(=O)N1C[C@@H](O)C[C@H]1C(=O)O.Cl. The van der Waals surface area contributed by atoms with Gasteiger partial charge in [0.2, 0.25) is 5.91 Å². The van der Waals surface area contributed by atoms with Crippen molar-refractivity contribution in [2.24, 2.45) is 11.1 Å². The summed E-state index contributed by atoms with van der Waals surface area (Å²) in [5, 5.41) is 18.4. The van der Waals surface area contributed by atoms with Gasteiger partial charge in [0.15, 0.2) is 0 Å². The molecule has 1 rings (SSSR count). The van der Waals surface area contributed by atoms with Gasteiger partial charge >= 0.3 is 5.97 Å². The van der Waals surface area contributed by atoms with E-state index in [1.165, 1.54) is 4.90 Å². The number of aliphatic hydroxyl groups excluding tert-OH is 1. The lowest BCUT2D eigenvalue weighted by atomic mass is 9.86. The molecule has 1 aliphatic rings. The maximum absolute atomic E-state index is 12.1. The summed E-state index contributed by atoms with van der Waals surface area (Å²) in [5.41, 5.74) is 5.38. The molecule has 1 aliphatic heterocycles. The molecule has 0 aromatic heterocycles. The predicted molar refractivity (Wildman–Crippen MR) is 68.4 cm³/mol. The highest BCUT2D eigenvalue weighted by Gasteiger charge is 2.42. The normalized spacial score (nSPS) is 25.5. The third kappa shape index (κ3) is 3.57. The number of carboxylic acid groups (broad SMARTS) is 1. The first-order valence-electron chi connectivity index (χ1n) is 5.61.